The summed E-state index contributed by atoms with van der Waals surface area (Å²) in [6, 6.07) is 5.02. The van der Waals surface area contributed by atoms with Gasteiger partial charge in [0.25, 0.3) is 0 Å². The van der Waals surface area contributed by atoms with Crippen molar-refractivity contribution in [2.75, 3.05) is 13.1 Å². The van der Waals surface area contributed by atoms with Gasteiger partial charge in [0.2, 0.25) is 6.41 Å². The van der Waals surface area contributed by atoms with Crippen LogP contribution in [0.3, 0.4) is 0 Å². The van der Waals surface area contributed by atoms with E-state index in [-0.39, 0.29) is 0 Å². The van der Waals surface area contributed by atoms with E-state index in [1.165, 1.54) is 11.1 Å². The lowest BCUT2D eigenvalue weighted by atomic mass is 9.96. The number of hydrogen-bond donors (Lipinski definition) is 1. The molecule has 0 saturated carbocycles. The Hall–Kier alpha value is -1.55. The number of fused-ring (bicyclic) bond motifs is 2. The zero-order chi connectivity index (χ0) is 14.4. The molecule has 2 saturated heterocycles. The van der Waals surface area contributed by atoms with E-state index in [0.717, 1.165) is 31.5 Å². The van der Waals surface area contributed by atoms with Crippen molar-refractivity contribution in [2.24, 2.45) is 0 Å². The van der Waals surface area contributed by atoms with Crippen molar-refractivity contribution in [1.29, 1.82) is 0 Å². The van der Waals surface area contributed by atoms with E-state index in [9.17, 15) is 9.90 Å². The Morgan fingerprint density at radius 1 is 1.25 bits per heavy atom. The molecule has 3 rings (SSSR count). The lowest BCUT2D eigenvalue weighted by Gasteiger charge is -2.37. The van der Waals surface area contributed by atoms with E-state index >= 15 is 0 Å². The van der Waals surface area contributed by atoms with Crippen LogP contribution in [0.15, 0.2) is 12.1 Å². The van der Waals surface area contributed by atoms with Gasteiger partial charge >= 0.3 is 0 Å². The maximum Gasteiger partial charge on any atom is 0.210 e. The van der Waals surface area contributed by atoms with Crippen LogP contribution in [0.1, 0.15) is 36.1 Å². The normalized spacial score (nSPS) is 27.1. The van der Waals surface area contributed by atoms with Crippen LogP contribution in [0.25, 0.3) is 0 Å². The van der Waals surface area contributed by atoms with Gasteiger partial charge in [-0.25, -0.2) is 0 Å². The predicted octanol–water partition coefficient (Wildman–Crippen LogP) is 1.98. The molecule has 108 valence electrons. The number of amides is 1. The minimum Gasteiger partial charge on any atom is -0.508 e. The fraction of sp³-hybridized carbons (Fsp3) is 0.562. The summed E-state index contributed by atoms with van der Waals surface area (Å²) in [4.78, 5) is 15.4. The number of phenols is 1. The quantitative estimate of drug-likeness (QED) is 0.857. The molecule has 0 spiro atoms. The zero-order valence-electron chi connectivity index (χ0n) is 12.3. The third kappa shape index (κ3) is 1.90. The third-order valence-electron chi connectivity index (χ3n) is 5.21. The Morgan fingerprint density at radius 3 is 2.60 bits per heavy atom. The fourth-order valence-electron chi connectivity index (χ4n) is 3.79. The van der Waals surface area contributed by atoms with Gasteiger partial charge in [-0.15, -0.1) is 0 Å². The highest BCUT2D eigenvalue weighted by Crippen LogP contribution is 2.38. The summed E-state index contributed by atoms with van der Waals surface area (Å²) >= 11 is 0. The van der Waals surface area contributed by atoms with Crippen molar-refractivity contribution in [1.82, 2.24) is 9.80 Å². The Labute approximate surface area is 120 Å². The number of nitrogens with zero attached hydrogens (tertiary/aromatic N) is 2. The molecule has 2 aliphatic rings. The van der Waals surface area contributed by atoms with Crippen LogP contribution in [0.5, 0.6) is 5.75 Å². The first-order valence-electron chi connectivity index (χ1n) is 7.28. The first-order valence-corrected chi connectivity index (χ1v) is 7.28. The fourth-order valence-corrected chi connectivity index (χ4v) is 3.79. The van der Waals surface area contributed by atoms with Crippen molar-refractivity contribution >= 4 is 6.41 Å². The number of benzene rings is 1. The van der Waals surface area contributed by atoms with Crippen LogP contribution in [-0.4, -0.2) is 46.5 Å². The number of carbonyl (C=O) groups excluding carboxylic acids is 1. The van der Waals surface area contributed by atoms with E-state index in [2.05, 4.69) is 18.7 Å². The van der Waals surface area contributed by atoms with Gasteiger partial charge in [-0.3, -0.25) is 9.69 Å². The highest BCUT2D eigenvalue weighted by molar-refractivity contribution is 5.50. The largest absolute Gasteiger partial charge is 0.508 e. The van der Waals surface area contributed by atoms with Crippen LogP contribution >= 0.6 is 0 Å². The lowest BCUT2D eigenvalue weighted by Crippen LogP contribution is -2.46. The smallest absolute Gasteiger partial charge is 0.210 e. The highest BCUT2D eigenvalue weighted by Gasteiger charge is 2.44. The topological polar surface area (TPSA) is 43.8 Å². The Bertz CT molecular complexity index is 544. The lowest BCUT2D eigenvalue weighted by molar-refractivity contribution is -0.120. The summed E-state index contributed by atoms with van der Waals surface area (Å²) in [7, 11) is 0. The number of aromatic hydroxyl groups is 1. The van der Waals surface area contributed by atoms with Gasteiger partial charge in [0.1, 0.15) is 5.75 Å². The molecule has 0 aliphatic carbocycles. The molecule has 0 aromatic heterocycles. The molecule has 1 aromatic rings. The monoisotopic (exact) mass is 274 g/mol. The number of phenolic OH excluding ortho intramolecular Hbond substituents is 1. The summed E-state index contributed by atoms with van der Waals surface area (Å²) in [5.41, 5.74) is 3.42. The van der Waals surface area contributed by atoms with E-state index in [1.54, 1.807) is 6.07 Å². The molecule has 1 N–H and O–H groups in total. The van der Waals surface area contributed by atoms with Gasteiger partial charge in [0.05, 0.1) is 0 Å². The summed E-state index contributed by atoms with van der Waals surface area (Å²) in [5, 5.41) is 9.78. The predicted molar refractivity (Wildman–Crippen MR) is 77.7 cm³/mol. The van der Waals surface area contributed by atoms with Gasteiger partial charge in [0.15, 0.2) is 0 Å². The van der Waals surface area contributed by atoms with E-state index in [1.807, 2.05) is 17.9 Å². The van der Waals surface area contributed by atoms with Crippen LogP contribution < -0.4 is 0 Å². The molecular formula is C16H22N2O2. The molecule has 4 nitrogen and oxygen atoms in total. The Balaban J connectivity index is 1.83. The zero-order valence-corrected chi connectivity index (χ0v) is 12.3. The van der Waals surface area contributed by atoms with Crippen LogP contribution in [0.4, 0.5) is 0 Å². The van der Waals surface area contributed by atoms with E-state index in [0.29, 0.717) is 23.9 Å². The first kappa shape index (κ1) is 13.4. The second-order valence-electron chi connectivity index (χ2n) is 6.14. The number of piperazine rings is 1. The van der Waals surface area contributed by atoms with Crippen molar-refractivity contribution < 1.29 is 9.90 Å². The van der Waals surface area contributed by atoms with Crippen molar-refractivity contribution in [3.63, 3.8) is 0 Å². The molecule has 1 amide bonds. The van der Waals surface area contributed by atoms with E-state index < -0.39 is 0 Å². The maximum absolute atomic E-state index is 11.0. The molecule has 1 aromatic carbocycles. The van der Waals surface area contributed by atoms with Gasteiger partial charge in [-0.1, -0.05) is 6.07 Å². The molecule has 2 aliphatic heterocycles. The minimum absolute atomic E-state index is 0.332. The van der Waals surface area contributed by atoms with Gasteiger partial charge < -0.3 is 10.0 Å². The molecular weight excluding hydrogens is 252 g/mol. The van der Waals surface area contributed by atoms with Crippen LogP contribution in [0, 0.1) is 13.8 Å². The molecule has 0 unspecified atom stereocenters. The van der Waals surface area contributed by atoms with Crippen molar-refractivity contribution in [2.45, 2.75) is 45.3 Å². The SMILES string of the molecule is Cc1c(O)ccc([C@H](C)N2C[C@@H]3C[C@H]2CN3C=O)c1C. The second kappa shape index (κ2) is 4.77. The average Bonchev–Trinajstić information content (AvgIpc) is 3.03. The van der Waals surface area contributed by atoms with Gasteiger partial charge in [-0.05, 0) is 49.9 Å². The Morgan fingerprint density at radius 2 is 2.00 bits per heavy atom. The standard InChI is InChI=1S/C16H22N2O2/c1-10-11(2)16(20)5-4-15(10)12(3)18-8-13-6-14(18)7-17(13)9-19/h4-5,9,12-14,20H,6-8H2,1-3H3/t12-,13-,14-/m0/s1. The third-order valence-corrected chi connectivity index (χ3v) is 5.21. The summed E-state index contributed by atoms with van der Waals surface area (Å²) in [6.45, 7) is 8.08. The van der Waals surface area contributed by atoms with Gasteiger partial charge in [0, 0.05) is 31.2 Å². The molecule has 0 radical (unpaired) electrons. The number of likely N-dealkylation sites (tertiary alicyclic amines) is 2. The van der Waals surface area contributed by atoms with Crippen molar-refractivity contribution in [3.05, 3.63) is 28.8 Å². The maximum atomic E-state index is 11.0. The number of carbonyl (C=O) groups is 1. The van der Waals surface area contributed by atoms with Gasteiger partial charge in [-0.2, -0.15) is 0 Å². The number of rotatable bonds is 3. The summed E-state index contributed by atoms with van der Waals surface area (Å²) in [5.74, 6) is 0.369. The Kier molecular flexibility index (Phi) is 3.21. The molecule has 2 bridgehead atoms. The van der Waals surface area contributed by atoms with Crippen molar-refractivity contribution in [3.8, 4) is 5.75 Å². The number of hydrogen-bond acceptors (Lipinski definition) is 3. The van der Waals surface area contributed by atoms with E-state index in [4.69, 9.17) is 0 Å². The second-order valence-corrected chi connectivity index (χ2v) is 6.14. The summed E-state index contributed by atoms with van der Waals surface area (Å²) in [6.07, 6.45) is 2.09. The molecule has 20 heavy (non-hydrogen) atoms. The average molecular weight is 274 g/mol. The highest BCUT2D eigenvalue weighted by atomic mass is 16.3. The first-order chi connectivity index (χ1) is 9.52. The molecule has 2 fully saturated rings. The van der Waals surface area contributed by atoms with Crippen LogP contribution in [-0.2, 0) is 4.79 Å². The molecule has 2 heterocycles. The molecule has 4 heteroatoms. The summed E-state index contributed by atoms with van der Waals surface area (Å²) < 4.78 is 0. The molecule has 3 atom stereocenters. The minimum atomic E-state index is 0.332. The van der Waals surface area contributed by atoms with Crippen LogP contribution in [0.2, 0.25) is 0 Å².